The standard InChI is InChI=1S/C20H15Cl2F3N2O4/c1-10(31-17(29)7-3-11-2-4-12(21)13(22)8-11)20(30)26-9-16(28)27-15-6-5-14(23)18(24)19(15)25/h2-8,10H,9H2,1H3,(H,26,30)(H,27,28)/b7-3+. The average Bonchev–Trinajstić information content (AvgIpc) is 2.73. The van der Waals surface area contributed by atoms with Crippen LogP contribution in [0.25, 0.3) is 6.08 Å². The topological polar surface area (TPSA) is 84.5 Å². The van der Waals surface area contributed by atoms with Gasteiger partial charge in [-0.15, -0.1) is 0 Å². The van der Waals surface area contributed by atoms with Crippen molar-refractivity contribution in [2.75, 3.05) is 11.9 Å². The van der Waals surface area contributed by atoms with E-state index in [1.165, 1.54) is 19.1 Å². The summed E-state index contributed by atoms with van der Waals surface area (Å²) in [7, 11) is 0. The summed E-state index contributed by atoms with van der Waals surface area (Å²) in [6, 6.07) is 6.15. The molecule has 2 amide bonds. The molecule has 0 aliphatic carbocycles. The number of carbonyl (C=O) groups excluding carboxylic acids is 3. The summed E-state index contributed by atoms with van der Waals surface area (Å²) >= 11 is 11.7. The molecule has 1 unspecified atom stereocenters. The van der Waals surface area contributed by atoms with Crippen molar-refractivity contribution in [2.45, 2.75) is 13.0 Å². The number of hydrogen-bond acceptors (Lipinski definition) is 4. The number of esters is 1. The number of rotatable bonds is 7. The summed E-state index contributed by atoms with van der Waals surface area (Å²) in [5, 5.41) is 4.80. The zero-order valence-corrected chi connectivity index (χ0v) is 17.4. The normalized spacial score (nSPS) is 11.8. The molecule has 0 fully saturated rings. The Morgan fingerprint density at radius 1 is 1.06 bits per heavy atom. The summed E-state index contributed by atoms with van der Waals surface area (Å²) < 4.78 is 44.5. The molecular weight excluding hydrogens is 460 g/mol. The monoisotopic (exact) mass is 474 g/mol. The highest BCUT2D eigenvalue weighted by Crippen LogP contribution is 2.23. The second-order valence-corrected chi connectivity index (χ2v) is 6.89. The molecule has 2 rings (SSSR count). The van der Waals surface area contributed by atoms with E-state index in [0.29, 0.717) is 21.7 Å². The van der Waals surface area contributed by atoms with Gasteiger partial charge in [0.15, 0.2) is 23.6 Å². The van der Waals surface area contributed by atoms with Gasteiger partial charge in [-0.05, 0) is 42.8 Å². The number of amides is 2. The number of nitrogens with one attached hydrogen (secondary N) is 2. The largest absolute Gasteiger partial charge is 0.449 e. The number of hydrogen-bond donors (Lipinski definition) is 2. The molecule has 2 aromatic rings. The molecule has 0 aliphatic rings. The van der Waals surface area contributed by atoms with E-state index >= 15 is 0 Å². The summed E-state index contributed by atoms with van der Waals surface area (Å²) in [5.74, 6) is -7.27. The van der Waals surface area contributed by atoms with Crippen LogP contribution in [0.5, 0.6) is 0 Å². The smallest absolute Gasteiger partial charge is 0.331 e. The first-order valence-corrected chi connectivity index (χ1v) is 9.39. The maximum Gasteiger partial charge on any atom is 0.331 e. The highest BCUT2D eigenvalue weighted by Gasteiger charge is 2.19. The molecule has 0 radical (unpaired) electrons. The van der Waals surface area contributed by atoms with Gasteiger partial charge in [0.25, 0.3) is 5.91 Å². The SMILES string of the molecule is CC(OC(=O)/C=C/c1ccc(Cl)c(Cl)c1)C(=O)NCC(=O)Nc1ccc(F)c(F)c1F. The van der Waals surface area contributed by atoms with Crippen molar-refractivity contribution in [1.82, 2.24) is 5.32 Å². The lowest BCUT2D eigenvalue weighted by atomic mass is 10.2. The lowest BCUT2D eigenvalue weighted by Gasteiger charge is -2.12. The molecule has 0 saturated carbocycles. The Labute approximate surface area is 185 Å². The average molecular weight is 475 g/mol. The molecule has 11 heteroatoms. The second-order valence-electron chi connectivity index (χ2n) is 6.07. The van der Waals surface area contributed by atoms with E-state index in [2.05, 4.69) is 5.32 Å². The van der Waals surface area contributed by atoms with Gasteiger partial charge in [-0.1, -0.05) is 29.3 Å². The molecule has 0 saturated heterocycles. The molecule has 6 nitrogen and oxygen atoms in total. The van der Waals surface area contributed by atoms with Gasteiger partial charge in [-0.25, -0.2) is 18.0 Å². The predicted octanol–water partition coefficient (Wildman–Crippen LogP) is 4.11. The molecule has 2 N–H and O–H groups in total. The summed E-state index contributed by atoms with van der Waals surface area (Å²) in [6.45, 7) is 0.644. The van der Waals surface area contributed by atoms with E-state index in [1.807, 2.05) is 5.32 Å². The van der Waals surface area contributed by atoms with Crippen molar-refractivity contribution in [3.05, 3.63) is 69.5 Å². The predicted molar refractivity (Wildman–Crippen MR) is 109 cm³/mol. The first-order valence-electron chi connectivity index (χ1n) is 8.63. The van der Waals surface area contributed by atoms with Crippen molar-refractivity contribution in [2.24, 2.45) is 0 Å². The van der Waals surface area contributed by atoms with E-state index in [4.69, 9.17) is 27.9 Å². The Hall–Kier alpha value is -3.04. The van der Waals surface area contributed by atoms with Gasteiger partial charge in [-0.3, -0.25) is 9.59 Å². The van der Waals surface area contributed by atoms with Crippen molar-refractivity contribution in [3.8, 4) is 0 Å². The molecule has 0 heterocycles. The number of anilines is 1. The minimum atomic E-state index is -1.74. The lowest BCUT2D eigenvalue weighted by Crippen LogP contribution is -2.40. The van der Waals surface area contributed by atoms with Crippen LogP contribution in [0.15, 0.2) is 36.4 Å². The molecule has 31 heavy (non-hydrogen) atoms. The Balaban J connectivity index is 1.83. The summed E-state index contributed by atoms with van der Waals surface area (Å²) in [5.41, 5.74) is -0.0188. The highest BCUT2D eigenvalue weighted by atomic mass is 35.5. The van der Waals surface area contributed by atoms with Crippen LogP contribution in [-0.2, 0) is 19.1 Å². The Kier molecular flexibility index (Phi) is 8.47. The van der Waals surface area contributed by atoms with Crippen LogP contribution in [0.4, 0.5) is 18.9 Å². The molecule has 164 valence electrons. The van der Waals surface area contributed by atoms with E-state index < -0.39 is 53.6 Å². The van der Waals surface area contributed by atoms with Crippen LogP contribution < -0.4 is 10.6 Å². The maximum atomic E-state index is 13.5. The lowest BCUT2D eigenvalue weighted by molar-refractivity contribution is -0.150. The van der Waals surface area contributed by atoms with Gasteiger partial charge >= 0.3 is 5.97 Å². The molecular formula is C20H15Cl2F3N2O4. The van der Waals surface area contributed by atoms with Crippen LogP contribution in [-0.4, -0.2) is 30.4 Å². The van der Waals surface area contributed by atoms with Gasteiger partial charge in [0, 0.05) is 6.08 Å². The van der Waals surface area contributed by atoms with E-state index in [0.717, 1.165) is 12.1 Å². The zero-order valence-electron chi connectivity index (χ0n) is 15.8. The van der Waals surface area contributed by atoms with E-state index in [1.54, 1.807) is 12.1 Å². The molecule has 0 aromatic heterocycles. The third kappa shape index (κ3) is 7.01. The quantitative estimate of drug-likeness (QED) is 0.359. The Morgan fingerprint density at radius 3 is 2.45 bits per heavy atom. The fourth-order valence-electron chi connectivity index (χ4n) is 2.18. The number of ether oxygens (including phenoxy) is 1. The van der Waals surface area contributed by atoms with E-state index in [9.17, 15) is 27.6 Å². The third-order valence-corrected chi connectivity index (χ3v) is 4.49. The van der Waals surface area contributed by atoms with Crippen LogP contribution in [0, 0.1) is 17.5 Å². The van der Waals surface area contributed by atoms with Gasteiger partial charge in [0.1, 0.15) is 0 Å². The van der Waals surface area contributed by atoms with Crippen LogP contribution in [0.1, 0.15) is 12.5 Å². The van der Waals surface area contributed by atoms with E-state index in [-0.39, 0.29) is 0 Å². The minimum absolute atomic E-state index is 0.298. The molecule has 0 aliphatic heterocycles. The van der Waals surface area contributed by atoms with Gasteiger partial charge in [0.2, 0.25) is 5.91 Å². The van der Waals surface area contributed by atoms with Crippen molar-refractivity contribution >= 4 is 52.7 Å². The maximum absolute atomic E-state index is 13.5. The summed E-state index contributed by atoms with van der Waals surface area (Å²) in [4.78, 5) is 35.5. The van der Waals surface area contributed by atoms with Gasteiger partial charge in [0.05, 0.1) is 22.3 Å². The Morgan fingerprint density at radius 2 is 1.77 bits per heavy atom. The molecule has 0 spiro atoms. The first-order chi connectivity index (χ1) is 14.6. The fourth-order valence-corrected chi connectivity index (χ4v) is 2.48. The zero-order chi connectivity index (χ0) is 23.1. The number of benzene rings is 2. The highest BCUT2D eigenvalue weighted by molar-refractivity contribution is 6.42. The van der Waals surface area contributed by atoms with Crippen LogP contribution in [0.2, 0.25) is 10.0 Å². The Bertz CT molecular complexity index is 1050. The van der Waals surface area contributed by atoms with Crippen molar-refractivity contribution in [1.29, 1.82) is 0 Å². The second kappa shape index (κ2) is 10.8. The molecule has 2 aromatic carbocycles. The molecule has 1 atom stereocenters. The summed E-state index contributed by atoms with van der Waals surface area (Å²) in [6.07, 6.45) is 1.22. The minimum Gasteiger partial charge on any atom is -0.449 e. The van der Waals surface area contributed by atoms with Crippen molar-refractivity contribution in [3.63, 3.8) is 0 Å². The van der Waals surface area contributed by atoms with Crippen molar-refractivity contribution < 1.29 is 32.3 Å². The fraction of sp³-hybridized carbons (Fsp3) is 0.150. The van der Waals surface area contributed by atoms with Crippen LogP contribution >= 0.6 is 23.2 Å². The van der Waals surface area contributed by atoms with Gasteiger partial charge in [-0.2, -0.15) is 0 Å². The molecule has 0 bridgehead atoms. The van der Waals surface area contributed by atoms with Crippen LogP contribution in [0.3, 0.4) is 0 Å². The number of carbonyl (C=O) groups is 3. The van der Waals surface area contributed by atoms with Gasteiger partial charge < -0.3 is 15.4 Å². The number of halogens is 5. The third-order valence-electron chi connectivity index (χ3n) is 3.75. The first kappa shape index (κ1) is 24.2.